The molecule has 8 heteroatoms. The Morgan fingerprint density at radius 1 is 1.23 bits per heavy atom. The van der Waals surface area contributed by atoms with Crippen molar-refractivity contribution in [1.82, 2.24) is 29.8 Å². The molecule has 4 rings (SSSR count). The van der Waals surface area contributed by atoms with E-state index in [-0.39, 0.29) is 11.9 Å². The van der Waals surface area contributed by atoms with Crippen LogP contribution in [0.3, 0.4) is 0 Å². The van der Waals surface area contributed by atoms with Crippen LogP contribution in [0.5, 0.6) is 0 Å². The number of pyridine rings is 1. The molecule has 0 spiro atoms. The number of rotatable bonds is 8. The highest BCUT2D eigenvalue weighted by Crippen LogP contribution is 2.27. The molecule has 4 heterocycles. The number of thiophene rings is 1. The monoisotopic (exact) mass is 434 g/mol. The van der Waals surface area contributed by atoms with Gasteiger partial charge in [0.15, 0.2) is 5.65 Å². The molecule has 0 aliphatic carbocycles. The number of carbonyl (C=O) groups excluding carboxylic acids is 1. The summed E-state index contributed by atoms with van der Waals surface area (Å²) in [7, 11) is 0. The van der Waals surface area contributed by atoms with E-state index >= 15 is 0 Å². The van der Waals surface area contributed by atoms with Crippen LogP contribution >= 0.6 is 11.3 Å². The molecule has 1 N–H and O–H groups in total. The zero-order valence-corrected chi connectivity index (χ0v) is 18.8. The smallest absolute Gasteiger partial charge is 0.251 e. The van der Waals surface area contributed by atoms with Gasteiger partial charge >= 0.3 is 0 Å². The number of hydrogen-bond donors (Lipinski definition) is 1. The predicted molar refractivity (Wildman–Crippen MR) is 124 cm³/mol. The second kappa shape index (κ2) is 9.36. The molecule has 4 aromatic rings. The molecule has 0 saturated heterocycles. The maximum absolute atomic E-state index is 12.8. The SMILES string of the molecule is CCN(CC)C[C@H](C)NC(=O)c1ccnc(-c2cnn3ccc(-c4cccs4)nc23)c1. The molecule has 7 nitrogen and oxygen atoms in total. The number of fused-ring (bicyclic) bond motifs is 1. The lowest BCUT2D eigenvalue weighted by molar-refractivity contribution is 0.0930. The van der Waals surface area contributed by atoms with Gasteiger partial charge in [-0.05, 0) is 49.7 Å². The van der Waals surface area contributed by atoms with Gasteiger partial charge in [-0.25, -0.2) is 9.50 Å². The van der Waals surface area contributed by atoms with Gasteiger partial charge in [0.1, 0.15) is 0 Å². The van der Waals surface area contributed by atoms with Gasteiger partial charge in [-0.3, -0.25) is 9.78 Å². The van der Waals surface area contributed by atoms with Crippen molar-refractivity contribution in [2.45, 2.75) is 26.8 Å². The number of nitrogens with zero attached hydrogens (tertiary/aromatic N) is 5. The summed E-state index contributed by atoms with van der Waals surface area (Å²) in [5.74, 6) is -0.105. The van der Waals surface area contributed by atoms with E-state index in [4.69, 9.17) is 4.98 Å². The van der Waals surface area contributed by atoms with Crippen LogP contribution in [0, 0.1) is 0 Å². The maximum Gasteiger partial charge on any atom is 0.251 e. The zero-order chi connectivity index (χ0) is 21.8. The first kappa shape index (κ1) is 21.1. The standard InChI is InChI=1S/C23H26N6OS/c1-4-28(5-2)15-16(3)26-23(30)17-8-10-24-20(13-17)18-14-25-29-11-9-19(27-22(18)29)21-7-6-12-31-21/h6-14,16H,4-5,15H2,1-3H3,(H,26,30)/t16-/m0/s1. The molecule has 1 atom stereocenters. The minimum Gasteiger partial charge on any atom is -0.348 e. The molecule has 0 fully saturated rings. The average molecular weight is 435 g/mol. The van der Waals surface area contributed by atoms with Gasteiger partial charge in [0.25, 0.3) is 5.91 Å². The van der Waals surface area contributed by atoms with Crippen molar-refractivity contribution < 1.29 is 4.79 Å². The van der Waals surface area contributed by atoms with Crippen molar-refractivity contribution in [3.05, 3.63) is 59.9 Å². The zero-order valence-electron chi connectivity index (χ0n) is 17.9. The number of amides is 1. The van der Waals surface area contributed by atoms with Crippen LogP contribution in [0.1, 0.15) is 31.1 Å². The highest BCUT2D eigenvalue weighted by Gasteiger charge is 2.16. The van der Waals surface area contributed by atoms with E-state index in [9.17, 15) is 4.79 Å². The highest BCUT2D eigenvalue weighted by molar-refractivity contribution is 7.13. The third-order valence-electron chi connectivity index (χ3n) is 5.24. The van der Waals surface area contributed by atoms with Crippen molar-refractivity contribution >= 4 is 22.9 Å². The lowest BCUT2D eigenvalue weighted by Crippen LogP contribution is -2.41. The largest absolute Gasteiger partial charge is 0.348 e. The maximum atomic E-state index is 12.8. The van der Waals surface area contributed by atoms with Gasteiger partial charge in [-0.2, -0.15) is 5.10 Å². The van der Waals surface area contributed by atoms with E-state index in [1.54, 1.807) is 40.4 Å². The normalized spacial score (nSPS) is 12.4. The fraction of sp³-hybridized carbons (Fsp3) is 0.304. The summed E-state index contributed by atoms with van der Waals surface area (Å²) in [4.78, 5) is 25.5. The summed E-state index contributed by atoms with van der Waals surface area (Å²) >= 11 is 1.64. The Morgan fingerprint density at radius 3 is 2.81 bits per heavy atom. The third-order valence-corrected chi connectivity index (χ3v) is 6.14. The van der Waals surface area contributed by atoms with Crippen molar-refractivity contribution in [1.29, 1.82) is 0 Å². The number of hydrogen-bond acceptors (Lipinski definition) is 6. The van der Waals surface area contributed by atoms with E-state index < -0.39 is 0 Å². The molecule has 0 aromatic carbocycles. The molecular formula is C23H26N6OS. The van der Waals surface area contributed by atoms with E-state index in [0.29, 0.717) is 16.9 Å². The molecule has 160 valence electrons. The van der Waals surface area contributed by atoms with Crippen LogP contribution in [0.2, 0.25) is 0 Å². The summed E-state index contributed by atoms with van der Waals surface area (Å²) in [5.41, 5.74) is 3.65. The van der Waals surface area contributed by atoms with Crippen LogP contribution in [0.4, 0.5) is 0 Å². The third kappa shape index (κ3) is 4.65. The van der Waals surface area contributed by atoms with Gasteiger partial charge < -0.3 is 10.2 Å². The summed E-state index contributed by atoms with van der Waals surface area (Å²) in [6.07, 6.45) is 5.30. The molecule has 0 bridgehead atoms. The topological polar surface area (TPSA) is 75.4 Å². The van der Waals surface area contributed by atoms with Gasteiger partial charge in [0.2, 0.25) is 0 Å². The molecule has 4 aromatic heterocycles. The van der Waals surface area contributed by atoms with E-state index in [2.05, 4.69) is 34.1 Å². The van der Waals surface area contributed by atoms with Crippen LogP contribution in [-0.4, -0.2) is 56.1 Å². The Kier molecular flexibility index (Phi) is 6.39. The summed E-state index contributed by atoms with van der Waals surface area (Å²) in [6.45, 7) is 9.03. The first-order chi connectivity index (χ1) is 15.1. The molecule has 31 heavy (non-hydrogen) atoms. The second-order valence-corrected chi connectivity index (χ2v) is 8.35. The number of likely N-dealkylation sites (N-methyl/N-ethyl adjacent to an activating group) is 1. The van der Waals surface area contributed by atoms with Crippen molar-refractivity contribution in [2.24, 2.45) is 0 Å². The van der Waals surface area contributed by atoms with E-state index in [1.807, 2.05) is 36.7 Å². The molecule has 0 unspecified atom stereocenters. The van der Waals surface area contributed by atoms with Gasteiger partial charge in [-0.1, -0.05) is 19.9 Å². The Labute approximate surface area is 185 Å². The van der Waals surface area contributed by atoms with Crippen LogP contribution < -0.4 is 5.32 Å². The minimum absolute atomic E-state index is 0.0519. The Morgan fingerprint density at radius 2 is 2.06 bits per heavy atom. The van der Waals surface area contributed by atoms with E-state index in [0.717, 1.165) is 35.8 Å². The fourth-order valence-corrected chi connectivity index (χ4v) is 4.25. The molecule has 0 aliphatic heterocycles. The van der Waals surface area contributed by atoms with Crippen molar-refractivity contribution in [2.75, 3.05) is 19.6 Å². The quantitative estimate of drug-likeness (QED) is 0.454. The minimum atomic E-state index is -0.105. The average Bonchev–Trinajstić information content (AvgIpc) is 3.47. The van der Waals surface area contributed by atoms with Gasteiger partial charge in [-0.15, -0.1) is 11.3 Å². The summed E-state index contributed by atoms with van der Waals surface area (Å²) in [5, 5.41) is 9.52. The molecular weight excluding hydrogens is 408 g/mol. The number of carbonyl (C=O) groups is 1. The predicted octanol–water partition coefficient (Wildman–Crippen LogP) is 3.98. The number of aromatic nitrogens is 4. The first-order valence-corrected chi connectivity index (χ1v) is 11.3. The van der Waals surface area contributed by atoms with Gasteiger partial charge in [0.05, 0.1) is 28.0 Å². The molecule has 0 saturated carbocycles. The molecule has 0 aliphatic rings. The summed E-state index contributed by atoms with van der Waals surface area (Å²) < 4.78 is 1.73. The van der Waals surface area contributed by atoms with Gasteiger partial charge in [0, 0.05) is 30.5 Å². The highest BCUT2D eigenvalue weighted by atomic mass is 32.1. The lowest BCUT2D eigenvalue weighted by Gasteiger charge is -2.23. The Balaban J connectivity index is 1.59. The Hall–Kier alpha value is -3.10. The summed E-state index contributed by atoms with van der Waals surface area (Å²) in [6, 6.07) is 9.59. The second-order valence-electron chi connectivity index (χ2n) is 7.41. The first-order valence-electron chi connectivity index (χ1n) is 10.5. The fourth-order valence-electron chi connectivity index (χ4n) is 3.55. The van der Waals surface area contributed by atoms with Crippen LogP contribution in [-0.2, 0) is 0 Å². The van der Waals surface area contributed by atoms with Crippen molar-refractivity contribution in [3.63, 3.8) is 0 Å². The molecule has 1 amide bonds. The van der Waals surface area contributed by atoms with Crippen molar-refractivity contribution in [3.8, 4) is 21.8 Å². The van der Waals surface area contributed by atoms with Crippen LogP contribution in [0.25, 0.3) is 27.5 Å². The lowest BCUT2D eigenvalue weighted by atomic mass is 10.1. The Bertz CT molecular complexity index is 1170. The number of nitrogens with one attached hydrogen (secondary N) is 1. The molecule has 0 radical (unpaired) electrons. The van der Waals surface area contributed by atoms with Crippen LogP contribution in [0.15, 0.2) is 54.3 Å². The van der Waals surface area contributed by atoms with E-state index in [1.165, 1.54) is 0 Å².